The summed E-state index contributed by atoms with van der Waals surface area (Å²) >= 11 is 0. The number of ether oxygens (including phenoxy) is 1. The van der Waals surface area contributed by atoms with Crippen molar-refractivity contribution in [1.29, 1.82) is 0 Å². The van der Waals surface area contributed by atoms with Crippen LogP contribution in [0.25, 0.3) is 0 Å². The van der Waals surface area contributed by atoms with Gasteiger partial charge in [-0.15, -0.1) is 0 Å². The minimum atomic E-state index is 0.258. The minimum absolute atomic E-state index is 0.258. The molecule has 0 aromatic heterocycles. The van der Waals surface area contributed by atoms with Gasteiger partial charge in [-0.2, -0.15) is 0 Å². The summed E-state index contributed by atoms with van der Waals surface area (Å²) in [6, 6.07) is 9.10. The molecule has 1 fully saturated rings. The summed E-state index contributed by atoms with van der Waals surface area (Å²) in [6.45, 7) is 10.2. The van der Waals surface area contributed by atoms with Crippen LogP contribution in [0, 0.1) is 5.41 Å². The van der Waals surface area contributed by atoms with Crippen LogP contribution in [0.2, 0.25) is 0 Å². The van der Waals surface area contributed by atoms with Crippen LogP contribution in [0.4, 0.5) is 0 Å². The summed E-state index contributed by atoms with van der Waals surface area (Å²) in [5.41, 5.74) is 1.63. The number of nitrogens with one attached hydrogen (secondary N) is 1. The highest BCUT2D eigenvalue weighted by Crippen LogP contribution is 2.37. The van der Waals surface area contributed by atoms with Crippen LogP contribution in [0.5, 0.6) is 5.75 Å². The maximum atomic E-state index is 5.83. The van der Waals surface area contributed by atoms with Crippen molar-refractivity contribution in [3.05, 3.63) is 29.8 Å². The van der Waals surface area contributed by atoms with E-state index < -0.39 is 0 Å². The van der Waals surface area contributed by atoms with Crippen LogP contribution in [-0.4, -0.2) is 12.6 Å². The number of rotatable bonds is 8. The first-order valence-corrected chi connectivity index (χ1v) is 8.07. The highest BCUT2D eigenvalue weighted by Gasteiger charge is 2.29. The fraction of sp³-hybridized carbons (Fsp3) is 0.667. The van der Waals surface area contributed by atoms with Gasteiger partial charge in [0.2, 0.25) is 0 Å². The third-order valence-corrected chi connectivity index (χ3v) is 4.33. The Morgan fingerprint density at radius 3 is 2.35 bits per heavy atom. The van der Waals surface area contributed by atoms with Gasteiger partial charge in [-0.25, -0.2) is 0 Å². The van der Waals surface area contributed by atoms with E-state index in [4.69, 9.17) is 4.74 Å². The molecular formula is C18H29NO. The lowest BCUT2D eigenvalue weighted by molar-refractivity contribution is 0.234. The zero-order valence-corrected chi connectivity index (χ0v) is 13.4. The van der Waals surface area contributed by atoms with E-state index >= 15 is 0 Å². The molecule has 0 radical (unpaired) electrons. The van der Waals surface area contributed by atoms with Crippen LogP contribution in [0.15, 0.2) is 24.3 Å². The Morgan fingerprint density at radius 2 is 1.85 bits per heavy atom. The number of hydrogen-bond acceptors (Lipinski definition) is 2. The van der Waals surface area contributed by atoms with Crippen molar-refractivity contribution in [1.82, 2.24) is 5.32 Å². The maximum absolute atomic E-state index is 5.83. The zero-order chi connectivity index (χ0) is 14.6. The Morgan fingerprint density at radius 1 is 1.20 bits per heavy atom. The second-order valence-corrected chi connectivity index (χ2v) is 6.62. The van der Waals surface area contributed by atoms with Gasteiger partial charge in [0.1, 0.15) is 5.75 Å². The van der Waals surface area contributed by atoms with Crippen molar-refractivity contribution < 1.29 is 4.74 Å². The van der Waals surface area contributed by atoms with E-state index in [0.717, 1.165) is 18.7 Å². The van der Waals surface area contributed by atoms with Crippen molar-refractivity contribution in [3.8, 4) is 5.75 Å². The van der Waals surface area contributed by atoms with E-state index in [9.17, 15) is 0 Å². The van der Waals surface area contributed by atoms with E-state index in [1.165, 1.54) is 24.8 Å². The summed E-state index contributed by atoms with van der Waals surface area (Å²) in [7, 11) is 0. The predicted molar refractivity (Wildman–Crippen MR) is 85.2 cm³/mol. The first kappa shape index (κ1) is 15.4. The SMILES string of the molecule is CCCNC(c1ccc(OC2CC2)cc1)C(C)(C)CC. The molecule has 0 spiro atoms. The molecule has 112 valence electrons. The van der Waals surface area contributed by atoms with Crippen LogP contribution >= 0.6 is 0 Å². The maximum Gasteiger partial charge on any atom is 0.119 e. The van der Waals surface area contributed by atoms with E-state index in [2.05, 4.69) is 57.3 Å². The average Bonchev–Trinajstić information content (AvgIpc) is 3.25. The van der Waals surface area contributed by atoms with Crippen molar-refractivity contribution >= 4 is 0 Å². The molecule has 2 nitrogen and oxygen atoms in total. The highest BCUT2D eigenvalue weighted by molar-refractivity contribution is 5.30. The normalized spacial score (nSPS) is 17.0. The largest absolute Gasteiger partial charge is 0.490 e. The monoisotopic (exact) mass is 275 g/mol. The second-order valence-electron chi connectivity index (χ2n) is 6.62. The molecule has 1 unspecified atom stereocenters. The fourth-order valence-corrected chi connectivity index (χ4v) is 2.46. The number of hydrogen-bond donors (Lipinski definition) is 1. The lowest BCUT2D eigenvalue weighted by atomic mass is 9.78. The van der Waals surface area contributed by atoms with Crippen LogP contribution in [0.3, 0.4) is 0 Å². The molecular weight excluding hydrogens is 246 g/mol. The summed E-state index contributed by atoms with van der Waals surface area (Å²) < 4.78 is 5.83. The van der Waals surface area contributed by atoms with Gasteiger partial charge in [0.05, 0.1) is 6.10 Å². The Hall–Kier alpha value is -1.02. The van der Waals surface area contributed by atoms with Gasteiger partial charge in [0.15, 0.2) is 0 Å². The predicted octanol–water partition coefficient (Wildman–Crippen LogP) is 4.70. The van der Waals surface area contributed by atoms with E-state index in [1.54, 1.807) is 0 Å². The molecule has 0 aliphatic heterocycles. The van der Waals surface area contributed by atoms with E-state index in [1.807, 2.05) is 0 Å². The first-order valence-electron chi connectivity index (χ1n) is 8.07. The van der Waals surface area contributed by atoms with Gasteiger partial charge in [-0.1, -0.05) is 39.8 Å². The van der Waals surface area contributed by atoms with Gasteiger partial charge in [-0.3, -0.25) is 0 Å². The standard InChI is InChI=1S/C18H29NO/c1-5-13-19-17(18(3,4)6-2)14-7-9-15(10-8-14)20-16-11-12-16/h7-10,16-17,19H,5-6,11-13H2,1-4H3. The summed E-state index contributed by atoms with van der Waals surface area (Å²) in [6.07, 6.45) is 5.23. The minimum Gasteiger partial charge on any atom is -0.490 e. The van der Waals surface area contributed by atoms with Gasteiger partial charge in [0, 0.05) is 6.04 Å². The number of benzene rings is 1. The molecule has 2 heteroatoms. The van der Waals surface area contributed by atoms with Crippen molar-refractivity contribution in [2.45, 2.75) is 65.5 Å². The van der Waals surface area contributed by atoms with Crippen molar-refractivity contribution in [2.75, 3.05) is 6.54 Å². The molecule has 1 saturated carbocycles. The summed E-state index contributed by atoms with van der Waals surface area (Å²) in [5.74, 6) is 1.01. The van der Waals surface area contributed by atoms with Crippen LogP contribution in [0.1, 0.15) is 65.0 Å². The molecule has 1 atom stereocenters. The fourth-order valence-electron chi connectivity index (χ4n) is 2.46. The molecule has 0 saturated heterocycles. The van der Waals surface area contributed by atoms with Gasteiger partial charge in [-0.05, 0) is 55.3 Å². The molecule has 20 heavy (non-hydrogen) atoms. The van der Waals surface area contributed by atoms with Crippen LogP contribution < -0.4 is 10.1 Å². The molecule has 1 aliphatic carbocycles. The first-order chi connectivity index (χ1) is 9.56. The molecule has 1 aliphatic rings. The highest BCUT2D eigenvalue weighted by atomic mass is 16.5. The van der Waals surface area contributed by atoms with Crippen molar-refractivity contribution in [2.24, 2.45) is 5.41 Å². The Bertz CT molecular complexity index is 406. The summed E-state index contributed by atoms with van der Waals surface area (Å²) in [5, 5.41) is 3.71. The summed E-state index contributed by atoms with van der Waals surface area (Å²) in [4.78, 5) is 0. The Labute approximate surface area is 123 Å². The third-order valence-electron chi connectivity index (χ3n) is 4.33. The average molecular weight is 275 g/mol. The van der Waals surface area contributed by atoms with Crippen molar-refractivity contribution in [3.63, 3.8) is 0 Å². The smallest absolute Gasteiger partial charge is 0.119 e. The zero-order valence-electron chi connectivity index (χ0n) is 13.4. The lowest BCUT2D eigenvalue weighted by Crippen LogP contribution is -2.34. The Kier molecular flexibility index (Phi) is 5.09. The molecule has 2 rings (SSSR count). The third kappa shape index (κ3) is 3.99. The topological polar surface area (TPSA) is 21.3 Å². The van der Waals surface area contributed by atoms with E-state index in [-0.39, 0.29) is 5.41 Å². The Balaban J connectivity index is 2.10. The molecule has 0 heterocycles. The molecule has 0 bridgehead atoms. The van der Waals surface area contributed by atoms with Gasteiger partial charge >= 0.3 is 0 Å². The van der Waals surface area contributed by atoms with Gasteiger partial charge < -0.3 is 10.1 Å². The van der Waals surface area contributed by atoms with E-state index in [0.29, 0.717) is 12.1 Å². The second kappa shape index (κ2) is 6.62. The molecule has 1 N–H and O–H groups in total. The quantitative estimate of drug-likeness (QED) is 0.742. The molecule has 0 amide bonds. The lowest BCUT2D eigenvalue weighted by Gasteiger charge is -2.35. The van der Waals surface area contributed by atoms with Crippen LogP contribution in [-0.2, 0) is 0 Å². The van der Waals surface area contributed by atoms with Gasteiger partial charge in [0.25, 0.3) is 0 Å². The molecule has 1 aromatic carbocycles. The molecule has 1 aromatic rings.